The molecule has 0 aromatic heterocycles. The van der Waals surface area contributed by atoms with Gasteiger partial charge in [0.15, 0.2) is 0 Å². The first-order valence-corrected chi connectivity index (χ1v) is 10.1. The molecule has 0 nitrogen and oxygen atoms in total. The minimum atomic E-state index is -0.0978. The molecule has 2 aliphatic rings. The topological polar surface area (TPSA) is 0 Å². The van der Waals surface area contributed by atoms with Crippen molar-refractivity contribution in [2.24, 2.45) is 5.92 Å². The lowest BCUT2D eigenvalue weighted by Gasteiger charge is -2.29. The Balaban J connectivity index is 1.43. The molecule has 1 atom stereocenters. The molecule has 1 heteroatoms. The molecule has 0 N–H and O–H groups in total. The van der Waals surface area contributed by atoms with Crippen LogP contribution in [0.15, 0.2) is 42.5 Å². The quantitative estimate of drug-likeness (QED) is 0.579. The van der Waals surface area contributed by atoms with E-state index in [4.69, 9.17) is 0 Å². The largest absolute Gasteiger partial charge is 0.207 e. The number of aryl methyl sites for hydroxylation is 1. The Morgan fingerprint density at radius 1 is 0.800 bits per heavy atom. The Hall–Kier alpha value is -1.63. The van der Waals surface area contributed by atoms with Crippen LogP contribution in [0, 0.1) is 11.7 Å². The van der Waals surface area contributed by atoms with E-state index >= 15 is 0 Å². The highest BCUT2D eigenvalue weighted by molar-refractivity contribution is 5.35. The van der Waals surface area contributed by atoms with Gasteiger partial charge in [0.2, 0.25) is 0 Å². The van der Waals surface area contributed by atoms with Gasteiger partial charge < -0.3 is 0 Å². The number of hydrogen-bond donors (Lipinski definition) is 0. The molecule has 2 aliphatic carbocycles. The van der Waals surface area contributed by atoms with Crippen molar-refractivity contribution in [2.75, 3.05) is 0 Å². The zero-order valence-corrected chi connectivity index (χ0v) is 15.3. The normalized spacial score (nSPS) is 26.2. The molecule has 1 fully saturated rings. The van der Waals surface area contributed by atoms with Crippen LogP contribution in [0.5, 0.6) is 0 Å². The summed E-state index contributed by atoms with van der Waals surface area (Å²) in [5.41, 5.74) is 5.54. The minimum absolute atomic E-state index is 0.0978. The van der Waals surface area contributed by atoms with Crippen molar-refractivity contribution in [1.29, 1.82) is 0 Å². The maximum absolute atomic E-state index is 13.4. The average molecular weight is 336 g/mol. The summed E-state index contributed by atoms with van der Waals surface area (Å²) in [6.07, 6.45) is 10.1. The molecule has 0 aliphatic heterocycles. The number of benzene rings is 2. The molecular weight excluding hydrogens is 307 g/mol. The molecule has 1 saturated carbocycles. The molecule has 132 valence electrons. The van der Waals surface area contributed by atoms with E-state index in [1.807, 2.05) is 6.07 Å². The van der Waals surface area contributed by atoms with E-state index in [2.05, 4.69) is 31.2 Å². The van der Waals surface area contributed by atoms with Gasteiger partial charge in [-0.25, -0.2) is 4.39 Å². The van der Waals surface area contributed by atoms with Gasteiger partial charge in [-0.1, -0.05) is 43.7 Å². The zero-order valence-electron chi connectivity index (χ0n) is 15.3. The van der Waals surface area contributed by atoms with Gasteiger partial charge in [-0.05, 0) is 97.1 Å². The van der Waals surface area contributed by atoms with Gasteiger partial charge in [0, 0.05) is 0 Å². The Kier molecular flexibility index (Phi) is 4.92. The van der Waals surface area contributed by atoms with Crippen LogP contribution in [-0.2, 0) is 12.8 Å². The first-order valence-electron chi connectivity index (χ1n) is 10.1. The first kappa shape index (κ1) is 16.8. The summed E-state index contributed by atoms with van der Waals surface area (Å²) in [5, 5.41) is 0. The monoisotopic (exact) mass is 336 g/mol. The van der Waals surface area contributed by atoms with E-state index < -0.39 is 0 Å². The van der Waals surface area contributed by atoms with Gasteiger partial charge in [0.05, 0.1) is 0 Å². The summed E-state index contributed by atoms with van der Waals surface area (Å²) < 4.78 is 13.4. The second-order valence-electron chi connectivity index (χ2n) is 8.15. The standard InChI is InChI=1S/C24H29F/c1-2-17-3-5-18(6-4-17)19-7-9-20(10-8-19)21-11-12-23-16-24(25)14-13-22(23)15-21/h7-10,13-14,16-18,21H,2-6,11-12,15H2,1H3. The summed E-state index contributed by atoms with van der Waals surface area (Å²) in [6, 6.07) is 14.8. The molecule has 0 amide bonds. The van der Waals surface area contributed by atoms with E-state index in [-0.39, 0.29) is 5.82 Å². The van der Waals surface area contributed by atoms with Crippen molar-refractivity contribution in [3.63, 3.8) is 0 Å². The molecule has 0 saturated heterocycles. The molecule has 1 unspecified atom stereocenters. The third kappa shape index (κ3) is 3.66. The third-order valence-electron chi connectivity index (χ3n) is 6.70. The number of rotatable bonds is 3. The fourth-order valence-electron chi connectivity index (χ4n) is 4.95. The summed E-state index contributed by atoms with van der Waals surface area (Å²) in [4.78, 5) is 0. The Labute approximate surface area is 151 Å². The summed E-state index contributed by atoms with van der Waals surface area (Å²) in [6.45, 7) is 2.33. The average Bonchev–Trinajstić information content (AvgIpc) is 2.68. The van der Waals surface area contributed by atoms with Crippen LogP contribution in [0.4, 0.5) is 4.39 Å². The lowest BCUT2D eigenvalue weighted by Crippen LogP contribution is -2.14. The Morgan fingerprint density at radius 3 is 2.16 bits per heavy atom. The van der Waals surface area contributed by atoms with Crippen molar-refractivity contribution in [2.45, 2.75) is 70.1 Å². The van der Waals surface area contributed by atoms with E-state index in [9.17, 15) is 4.39 Å². The van der Waals surface area contributed by atoms with Crippen molar-refractivity contribution in [1.82, 2.24) is 0 Å². The fourth-order valence-corrected chi connectivity index (χ4v) is 4.95. The second kappa shape index (κ2) is 7.32. The SMILES string of the molecule is CCC1CCC(c2ccc(C3CCc4cc(F)ccc4C3)cc2)CC1. The maximum Gasteiger partial charge on any atom is 0.123 e. The van der Waals surface area contributed by atoms with Crippen molar-refractivity contribution < 1.29 is 4.39 Å². The van der Waals surface area contributed by atoms with Gasteiger partial charge >= 0.3 is 0 Å². The first-order chi connectivity index (χ1) is 12.2. The third-order valence-corrected chi connectivity index (χ3v) is 6.70. The highest BCUT2D eigenvalue weighted by Gasteiger charge is 2.23. The molecule has 2 aromatic carbocycles. The van der Waals surface area contributed by atoms with Gasteiger partial charge in [0.1, 0.15) is 5.82 Å². The van der Waals surface area contributed by atoms with Crippen LogP contribution in [0.3, 0.4) is 0 Å². The highest BCUT2D eigenvalue weighted by Crippen LogP contribution is 2.38. The summed E-state index contributed by atoms with van der Waals surface area (Å²) >= 11 is 0. The molecule has 0 spiro atoms. The van der Waals surface area contributed by atoms with Gasteiger partial charge in [-0.2, -0.15) is 0 Å². The van der Waals surface area contributed by atoms with E-state index in [0.29, 0.717) is 5.92 Å². The predicted octanol–water partition coefficient (Wildman–Crippen LogP) is 6.78. The molecule has 2 aromatic rings. The Morgan fingerprint density at radius 2 is 1.48 bits per heavy atom. The smallest absolute Gasteiger partial charge is 0.123 e. The van der Waals surface area contributed by atoms with Crippen LogP contribution in [0.25, 0.3) is 0 Å². The lowest BCUT2D eigenvalue weighted by atomic mass is 9.76. The highest BCUT2D eigenvalue weighted by atomic mass is 19.1. The van der Waals surface area contributed by atoms with E-state index in [1.165, 1.54) is 54.4 Å². The molecule has 0 radical (unpaired) electrons. The summed E-state index contributed by atoms with van der Waals surface area (Å²) in [7, 11) is 0. The second-order valence-corrected chi connectivity index (χ2v) is 8.15. The van der Waals surface area contributed by atoms with Crippen molar-refractivity contribution in [3.05, 3.63) is 70.5 Å². The van der Waals surface area contributed by atoms with Crippen molar-refractivity contribution in [3.8, 4) is 0 Å². The minimum Gasteiger partial charge on any atom is -0.207 e. The zero-order chi connectivity index (χ0) is 17.2. The van der Waals surface area contributed by atoms with Crippen LogP contribution in [0.1, 0.15) is 79.5 Å². The van der Waals surface area contributed by atoms with Gasteiger partial charge in [-0.3, -0.25) is 0 Å². The maximum atomic E-state index is 13.4. The molecule has 4 rings (SSSR count). The molecule has 0 bridgehead atoms. The predicted molar refractivity (Wildman–Crippen MR) is 103 cm³/mol. The van der Waals surface area contributed by atoms with E-state index in [0.717, 1.165) is 31.1 Å². The van der Waals surface area contributed by atoms with Crippen molar-refractivity contribution >= 4 is 0 Å². The number of fused-ring (bicyclic) bond motifs is 1. The van der Waals surface area contributed by atoms with E-state index in [1.54, 1.807) is 12.1 Å². The molecule has 25 heavy (non-hydrogen) atoms. The van der Waals surface area contributed by atoms with Gasteiger partial charge in [0.25, 0.3) is 0 Å². The number of halogens is 1. The van der Waals surface area contributed by atoms with Crippen LogP contribution < -0.4 is 0 Å². The lowest BCUT2D eigenvalue weighted by molar-refractivity contribution is 0.319. The van der Waals surface area contributed by atoms with Crippen LogP contribution in [0.2, 0.25) is 0 Å². The van der Waals surface area contributed by atoms with Crippen LogP contribution in [-0.4, -0.2) is 0 Å². The molecular formula is C24H29F. The Bertz CT molecular complexity index is 707. The fraction of sp³-hybridized carbons (Fsp3) is 0.500. The van der Waals surface area contributed by atoms with Crippen LogP contribution >= 0.6 is 0 Å². The summed E-state index contributed by atoms with van der Waals surface area (Å²) in [5.74, 6) is 2.22. The molecule has 0 heterocycles. The number of hydrogen-bond acceptors (Lipinski definition) is 0. The van der Waals surface area contributed by atoms with Gasteiger partial charge in [-0.15, -0.1) is 0 Å².